The number of anilines is 1. The first-order valence-corrected chi connectivity index (χ1v) is 11.4. The molecule has 2 atom stereocenters. The SMILES string of the molecule is CC(C)(C)C1CCCCC1NC(=O)C1CCN(c2oc(-c3ccco3)nc2C#N)CC1. The van der Waals surface area contributed by atoms with Gasteiger partial charge in [0.15, 0.2) is 5.76 Å². The van der Waals surface area contributed by atoms with E-state index in [4.69, 9.17) is 8.83 Å². The van der Waals surface area contributed by atoms with Crippen molar-refractivity contribution in [1.29, 1.82) is 5.26 Å². The summed E-state index contributed by atoms with van der Waals surface area (Å²) in [6, 6.07) is 5.90. The van der Waals surface area contributed by atoms with Crippen LogP contribution in [0.5, 0.6) is 0 Å². The van der Waals surface area contributed by atoms with Crippen LogP contribution in [-0.2, 0) is 4.79 Å². The van der Waals surface area contributed by atoms with E-state index in [1.807, 2.05) is 4.90 Å². The number of carbonyl (C=O) groups excluding carboxylic acids is 1. The number of carbonyl (C=O) groups is 1. The third-order valence-electron chi connectivity index (χ3n) is 6.81. The number of amides is 1. The van der Waals surface area contributed by atoms with Crippen molar-refractivity contribution >= 4 is 11.8 Å². The van der Waals surface area contributed by atoms with E-state index < -0.39 is 0 Å². The summed E-state index contributed by atoms with van der Waals surface area (Å²) >= 11 is 0. The highest BCUT2D eigenvalue weighted by Gasteiger charge is 2.37. The Morgan fingerprint density at radius 1 is 1.23 bits per heavy atom. The number of nitriles is 1. The molecule has 166 valence electrons. The molecular weight excluding hydrogens is 392 g/mol. The number of furan rings is 1. The first kappa shape index (κ1) is 21.5. The lowest BCUT2D eigenvalue weighted by atomic mass is 9.69. The molecule has 4 rings (SSSR count). The van der Waals surface area contributed by atoms with Crippen LogP contribution in [0.3, 0.4) is 0 Å². The molecule has 0 bridgehead atoms. The number of oxazole rings is 1. The fourth-order valence-electron chi connectivity index (χ4n) is 5.09. The minimum atomic E-state index is -0.00297. The van der Waals surface area contributed by atoms with Gasteiger partial charge in [0.25, 0.3) is 5.89 Å². The number of piperidine rings is 1. The molecule has 2 aromatic rings. The summed E-state index contributed by atoms with van der Waals surface area (Å²) in [6.45, 7) is 8.16. The molecule has 1 N–H and O–H groups in total. The number of nitrogens with zero attached hydrogens (tertiary/aromatic N) is 3. The predicted octanol–water partition coefficient (Wildman–Crippen LogP) is 4.74. The first-order valence-electron chi connectivity index (χ1n) is 11.4. The van der Waals surface area contributed by atoms with E-state index in [9.17, 15) is 10.1 Å². The van der Waals surface area contributed by atoms with Crippen molar-refractivity contribution in [2.75, 3.05) is 18.0 Å². The molecule has 1 aliphatic carbocycles. The van der Waals surface area contributed by atoms with Crippen molar-refractivity contribution in [3.05, 3.63) is 24.1 Å². The van der Waals surface area contributed by atoms with Gasteiger partial charge in [0.05, 0.1) is 6.26 Å². The van der Waals surface area contributed by atoms with E-state index >= 15 is 0 Å². The third-order valence-corrected chi connectivity index (χ3v) is 6.81. The first-order chi connectivity index (χ1) is 14.9. The Labute approximate surface area is 183 Å². The molecule has 2 aromatic heterocycles. The van der Waals surface area contributed by atoms with Crippen LogP contribution in [0, 0.1) is 28.6 Å². The summed E-state index contributed by atoms with van der Waals surface area (Å²) in [6.07, 6.45) is 7.73. The maximum absolute atomic E-state index is 13.0. The summed E-state index contributed by atoms with van der Waals surface area (Å²) in [4.78, 5) is 19.3. The average molecular weight is 425 g/mol. The molecule has 1 aliphatic heterocycles. The number of nitrogens with one attached hydrogen (secondary N) is 1. The predicted molar refractivity (Wildman–Crippen MR) is 117 cm³/mol. The van der Waals surface area contributed by atoms with Gasteiger partial charge in [-0.15, -0.1) is 0 Å². The van der Waals surface area contributed by atoms with Gasteiger partial charge in [0.1, 0.15) is 6.07 Å². The van der Waals surface area contributed by atoms with Crippen LogP contribution >= 0.6 is 0 Å². The molecule has 7 heteroatoms. The van der Waals surface area contributed by atoms with E-state index in [2.05, 4.69) is 37.1 Å². The lowest BCUT2D eigenvalue weighted by molar-refractivity contribution is -0.127. The lowest BCUT2D eigenvalue weighted by Crippen LogP contribution is -2.50. The topological polar surface area (TPSA) is 95.3 Å². The van der Waals surface area contributed by atoms with Crippen LogP contribution in [0.4, 0.5) is 5.88 Å². The number of hydrogen-bond acceptors (Lipinski definition) is 6. The van der Waals surface area contributed by atoms with Crippen LogP contribution in [0.1, 0.15) is 65.0 Å². The Hall–Kier alpha value is -2.75. The fraction of sp³-hybridized carbons (Fsp3) is 0.625. The number of aromatic nitrogens is 1. The molecule has 2 aliphatic rings. The molecule has 31 heavy (non-hydrogen) atoms. The van der Waals surface area contributed by atoms with Crippen molar-refractivity contribution in [3.8, 4) is 17.7 Å². The second kappa shape index (κ2) is 8.78. The summed E-state index contributed by atoms with van der Waals surface area (Å²) in [5.41, 5.74) is 0.456. The molecule has 0 aromatic carbocycles. The van der Waals surface area contributed by atoms with Crippen molar-refractivity contribution in [2.45, 2.75) is 65.3 Å². The monoisotopic (exact) mass is 424 g/mol. The molecule has 7 nitrogen and oxygen atoms in total. The zero-order valence-corrected chi connectivity index (χ0v) is 18.7. The van der Waals surface area contributed by atoms with Gasteiger partial charge in [0.2, 0.25) is 17.5 Å². The maximum atomic E-state index is 13.0. The molecule has 1 amide bonds. The molecule has 0 spiro atoms. The van der Waals surface area contributed by atoms with Crippen molar-refractivity contribution in [2.24, 2.45) is 17.3 Å². The minimum absolute atomic E-state index is 0.00297. The van der Waals surface area contributed by atoms with E-state index in [0.29, 0.717) is 36.5 Å². The van der Waals surface area contributed by atoms with Crippen LogP contribution in [0.25, 0.3) is 11.7 Å². The second-order valence-corrected chi connectivity index (χ2v) is 9.90. The van der Waals surface area contributed by atoms with E-state index in [0.717, 1.165) is 19.3 Å². The van der Waals surface area contributed by atoms with Gasteiger partial charge in [-0.05, 0) is 49.1 Å². The number of hydrogen-bond donors (Lipinski definition) is 1. The van der Waals surface area contributed by atoms with Gasteiger partial charge in [-0.2, -0.15) is 10.2 Å². The molecule has 2 fully saturated rings. The largest absolute Gasteiger partial charge is 0.459 e. The Balaban J connectivity index is 1.38. The Morgan fingerprint density at radius 2 is 1.97 bits per heavy atom. The zero-order valence-electron chi connectivity index (χ0n) is 18.7. The summed E-state index contributed by atoms with van der Waals surface area (Å²) in [5.74, 6) is 1.97. The Morgan fingerprint density at radius 3 is 2.61 bits per heavy atom. The lowest BCUT2D eigenvalue weighted by Gasteiger charge is -2.41. The van der Waals surface area contributed by atoms with Crippen molar-refractivity contribution < 1.29 is 13.6 Å². The summed E-state index contributed by atoms with van der Waals surface area (Å²) < 4.78 is 11.2. The second-order valence-electron chi connectivity index (χ2n) is 9.90. The van der Waals surface area contributed by atoms with Gasteiger partial charge in [-0.1, -0.05) is 33.6 Å². The highest BCUT2D eigenvalue weighted by atomic mass is 16.4. The van der Waals surface area contributed by atoms with Gasteiger partial charge >= 0.3 is 0 Å². The van der Waals surface area contributed by atoms with Crippen molar-refractivity contribution in [1.82, 2.24) is 10.3 Å². The molecule has 1 saturated carbocycles. The van der Waals surface area contributed by atoms with Crippen molar-refractivity contribution in [3.63, 3.8) is 0 Å². The van der Waals surface area contributed by atoms with Crippen LogP contribution in [0.2, 0.25) is 0 Å². The Kier molecular flexibility index (Phi) is 6.08. The average Bonchev–Trinajstić information content (AvgIpc) is 3.43. The number of rotatable bonds is 4. The summed E-state index contributed by atoms with van der Waals surface area (Å²) in [5, 5.41) is 12.9. The molecular formula is C24H32N4O3. The van der Waals surface area contributed by atoms with E-state index in [-0.39, 0.29) is 29.0 Å². The molecule has 0 radical (unpaired) electrons. The van der Waals surface area contributed by atoms with Gasteiger partial charge < -0.3 is 19.1 Å². The molecule has 1 saturated heterocycles. The summed E-state index contributed by atoms with van der Waals surface area (Å²) in [7, 11) is 0. The van der Waals surface area contributed by atoms with Gasteiger partial charge in [0, 0.05) is 25.0 Å². The fourth-order valence-corrected chi connectivity index (χ4v) is 5.09. The highest BCUT2D eigenvalue weighted by molar-refractivity contribution is 5.79. The third kappa shape index (κ3) is 4.63. The van der Waals surface area contributed by atoms with E-state index in [1.165, 1.54) is 19.3 Å². The zero-order chi connectivity index (χ0) is 22.0. The quantitative estimate of drug-likeness (QED) is 0.761. The maximum Gasteiger partial charge on any atom is 0.266 e. The standard InChI is InChI=1S/C24H32N4O3/c1-24(2,3)17-7-4-5-8-18(17)26-21(29)16-10-12-28(13-11-16)23-19(15-25)27-22(31-23)20-9-6-14-30-20/h6,9,14,16-18H,4-5,7-8,10-13H2,1-3H3,(H,26,29). The Bertz CT molecular complexity index is 927. The van der Waals surface area contributed by atoms with Crippen LogP contribution < -0.4 is 10.2 Å². The van der Waals surface area contributed by atoms with Gasteiger partial charge in [-0.3, -0.25) is 4.79 Å². The smallest absolute Gasteiger partial charge is 0.266 e. The highest BCUT2D eigenvalue weighted by Crippen LogP contribution is 2.38. The van der Waals surface area contributed by atoms with Crippen LogP contribution in [0.15, 0.2) is 27.2 Å². The normalized spacial score (nSPS) is 22.8. The molecule has 3 heterocycles. The van der Waals surface area contributed by atoms with Crippen LogP contribution in [-0.4, -0.2) is 30.0 Å². The minimum Gasteiger partial charge on any atom is -0.459 e. The van der Waals surface area contributed by atoms with E-state index in [1.54, 1.807) is 18.4 Å². The van der Waals surface area contributed by atoms with Gasteiger partial charge in [-0.25, -0.2) is 0 Å². The molecule has 2 unspecified atom stereocenters.